The van der Waals surface area contributed by atoms with Crippen molar-refractivity contribution in [3.63, 3.8) is 0 Å². The van der Waals surface area contributed by atoms with Gasteiger partial charge in [0.05, 0.1) is 18.3 Å². The van der Waals surface area contributed by atoms with Crippen LogP contribution in [0, 0.1) is 6.92 Å². The van der Waals surface area contributed by atoms with E-state index in [4.69, 9.17) is 25.7 Å². The number of aryl methyl sites for hydroxylation is 1. The highest BCUT2D eigenvalue weighted by Gasteiger charge is 2.44. The third-order valence-electron chi connectivity index (χ3n) is 9.42. The van der Waals surface area contributed by atoms with E-state index in [1.54, 1.807) is 21.7 Å². The Morgan fingerprint density at radius 1 is 0.959 bits per heavy atom. The molecule has 11 heteroatoms. The number of piperazine rings is 1. The number of allylic oxidation sites excluding steroid dienone is 1. The van der Waals surface area contributed by atoms with Crippen molar-refractivity contribution in [3.05, 3.63) is 125 Å². The molecule has 1 unspecified atom stereocenters. The minimum Gasteiger partial charge on any atom is -0.491 e. The molecule has 11 nitrogen and oxygen atoms in total. The van der Waals surface area contributed by atoms with E-state index in [9.17, 15) is 4.79 Å². The van der Waals surface area contributed by atoms with Gasteiger partial charge in [0, 0.05) is 49.5 Å². The van der Waals surface area contributed by atoms with Gasteiger partial charge in [-0.3, -0.25) is 0 Å². The molecule has 0 bridgehead atoms. The normalized spacial score (nSPS) is 20.6. The Bertz CT molecular complexity index is 1790. The Balaban J connectivity index is 1.01. The second-order valence-electron chi connectivity index (χ2n) is 12.7. The fraction of sp³-hybridized carbons (Fsp3) is 0.368. The predicted octanol–water partition coefficient (Wildman–Crippen LogP) is 4.99. The Hall–Kier alpha value is -5.00. The van der Waals surface area contributed by atoms with Crippen LogP contribution in [0.15, 0.2) is 108 Å². The van der Waals surface area contributed by atoms with E-state index >= 15 is 0 Å². The van der Waals surface area contributed by atoms with Crippen LogP contribution in [0.25, 0.3) is 5.69 Å². The lowest BCUT2D eigenvalue weighted by molar-refractivity contribution is -0.177. The Kier molecular flexibility index (Phi) is 10.4. The molecule has 6 rings (SSSR count). The molecule has 258 valence electrons. The molecule has 0 spiro atoms. The molecule has 4 N–H and O–H groups in total. The first-order chi connectivity index (χ1) is 23.8. The molecule has 3 atom stereocenters. The summed E-state index contributed by atoms with van der Waals surface area (Å²) in [5, 5.41) is 4.30. The largest absolute Gasteiger partial charge is 0.491 e. The highest BCUT2D eigenvalue weighted by atomic mass is 16.8. The minimum absolute atomic E-state index is 0.0686. The van der Waals surface area contributed by atoms with E-state index in [2.05, 4.69) is 53.0 Å². The van der Waals surface area contributed by atoms with Crippen LogP contribution in [-0.4, -0.2) is 59.8 Å². The third-order valence-corrected chi connectivity index (χ3v) is 9.42. The smallest absolute Gasteiger partial charge is 0.350 e. The molecular formula is C38H47N7O4. The standard InChI is InChI=1S/C38H47N7O4/c1-4-29(3)45-37(46)44(27-41-45)34-11-9-32(10-12-34)42-19-21-43(22-20-42)33-13-15-35(16-14-33)47-25-36-26-48-38(49-36,23-30(24-40)17-18-39)31-7-5-28(2)6-8-31/h5-18,24,27,29,36H,4,19-23,25-26,39-40H2,1-3H3/b18-17-,30-24+/t29?,36-,38+/m1/s1. The van der Waals surface area contributed by atoms with Crippen molar-refractivity contribution in [2.24, 2.45) is 11.5 Å². The summed E-state index contributed by atoms with van der Waals surface area (Å²) in [4.78, 5) is 17.6. The molecule has 2 saturated heterocycles. The van der Waals surface area contributed by atoms with Gasteiger partial charge in [0.1, 0.15) is 24.8 Å². The summed E-state index contributed by atoms with van der Waals surface area (Å²) in [6.07, 6.45) is 7.39. The number of benzene rings is 3. The summed E-state index contributed by atoms with van der Waals surface area (Å²) in [5.41, 5.74) is 17.4. The average molecular weight is 666 g/mol. The van der Waals surface area contributed by atoms with Crippen LogP contribution in [0.5, 0.6) is 5.75 Å². The van der Waals surface area contributed by atoms with Crippen LogP contribution < -0.4 is 31.7 Å². The van der Waals surface area contributed by atoms with Crippen molar-refractivity contribution in [2.45, 2.75) is 51.5 Å². The van der Waals surface area contributed by atoms with Crippen molar-refractivity contribution in [1.82, 2.24) is 14.3 Å². The van der Waals surface area contributed by atoms with E-state index in [-0.39, 0.29) is 17.8 Å². The van der Waals surface area contributed by atoms with Gasteiger partial charge in [0.25, 0.3) is 0 Å². The summed E-state index contributed by atoms with van der Waals surface area (Å²) in [5.74, 6) is -0.196. The fourth-order valence-corrected chi connectivity index (χ4v) is 6.32. The topological polar surface area (TPSA) is 126 Å². The average Bonchev–Trinajstić information content (AvgIpc) is 3.74. The molecule has 0 radical (unpaired) electrons. The number of hydrogen-bond acceptors (Lipinski definition) is 9. The molecule has 0 saturated carbocycles. The highest BCUT2D eigenvalue weighted by molar-refractivity contribution is 5.54. The monoisotopic (exact) mass is 665 g/mol. The van der Waals surface area contributed by atoms with Crippen LogP contribution in [0.2, 0.25) is 0 Å². The van der Waals surface area contributed by atoms with Crippen LogP contribution >= 0.6 is 0 Å². The molecule has 3 aromatic carbocycles. The number of hydrogen-bond donors (Lipinski definition) is 2. The molecule has 3 heterocycles. The maximum absolute atomic E-state index is 12.8. The Labute approximate surface area is 288 Å². The summed E-state index contributed by atoms with van der Waals surface area (Å²) >= 11 is 0. The van der Waals surface area contributed by atoms with Gasteiger partial charge in [-0.05, 0) is 92.8 Å². The Morgan fingerprint density at radius 2 is 1.57 bits per heavy atom. The van der Waals surface area contributed by atoms with Crippen LogP contribution in [-0.2, 0) is 15.3 Å². The molecule has 0 amide bonds. The van der Waals surface area contributed by atoms with Crippen molar-refractivity contribution in [2.75, 3.05) is 49.2 Å². The first-order valence-corrected chi connectivity index (χ1v) is 17.0. The first-order valence-electron chi connectivity index (χ1n) is 17.0. The molecule has 1 aromatic heterocycles. The van der Waals surface area contributed by atoms with E-state index in [0.29, 0.717) is 19.6 Å². The van der Waals surface area contributed by atoms with Gasteiger partial charge in [-0.15, -0.1) is 0 Å². The van der Waals surface area contributed by atoms with Gasteiger partial charge >= 0.3 is 5.69 Å². The van der Waals surface area contributed by atoms with Gasteiger partial charge < -0.3 is 35.5 Å². The molecule has 2 fully saturated rings. The number of nitrogens with two attached hydrogens (primary N) is 2. The minimum atomic E-state index is -0.975. The van der Waals surface area contributed by atoms with E-state index in [1.807, 2.05) is 55.5 Å². The summed E-state index contributed by atoms with van der Waals surface area (Å²) in [7, 11) is 0. The maximum atomic E-state index is 12.8. The van der Waals surface area contributed by atoms with E-state index in [1.165, 1.54) is 12.4 Å². The van der Waals surface area contributed by atoms with Gasteiger partial charge in [-0.2, -0.15) is 5.10 Å². The summed E-state index contributed by atoms with van der Waals surface area (Å²) in [6, 6.07) is 24.6. The van der Waals surface area contributed by atoms with Crippen molar-refractivity contribution in [1.29, 1.82) is 0 Å². The number of anilines is 2. The zero-order valence-corrected chi connectivity index (χ0v) is 28.6. The fourth-order valence-electron chi connectivity index (χ4n) is 6.32. The molecule has 2 aliphatic rings. The summed E-state index contributed by atoms with van der Waals surface area (Å²) in [6.45, 7) is 10.4. The van der Waals surface area contributed by atoms with Gasteiger partial charge in [-0.25, -0.2) is 14.0 Å². The number of rotatable bonds is 12. The second-order valence-corrected chi connectivity index (χ2v) is 12.7. The van der Waals surface area contributed by atoms with Gasteiger partial charge in [0.2, 0.25) is 0 Å². The summed E-state index contributed by atoms with van der Waals surface area (Å²) < 4.78 is 22.2. The zero-order valence-electron chi connectivity index (χ0n) is 28.6. The van der Waals surface area contributed by atoms with Crippen molar-refractivity contribution >= 4 is 11.4 Å². The van der Waals surface area contributed by atoms with Crippen LogP contribution in [0.4, 0.5) is 11.4 Å². The molecule has 49 heavy (non-hydrogen) atoms. The van der Waals surface area contributed by atoms with Gasteiger partial charge in [-0.1, -0.05) is 36.8 Å². The lowest BCUT2D eigenvalue weighted by atomic mass is 9.97. The van der Waals surface area contributed by atoms with Gasteiger partial charge in [0.15, 0.2) is 5.79 Å². The SMILES string of the molecule is CCC(C)n1ncn(-c2ccc(N3CCN(c4ccc(OC[C@@H]5CO[C@](CC(/C=C\N)=C/N)(c6ccc(C)cc6)O5)cc4)CC3)cc2)c1=O. The predicted molar refractivity (Wildman–Crippen MR) is 193 cm³/mol. The van der Waals surface area contributed by atoms with E-state index in [0.717, 1.165) is 72.1 Å². The zero-order chi connectivity index (χ0) is 34.4. The third kappa shape index (κ3) is 7.53. The Morgan fingerprint density at radius 3 is 2.16 bits per heavy atom. The lowest BCUT2D eigenvalue weighted by Crippen LogP contribution is -2.46. The molecule has 0 aliphatic carbocycles. The van der Waals surface area contributed by atoms with Crippen LogP contribution in [0.1, 0.15) is 43.9 Å². The number of ether oxygens (including phenoxy) is 3. The quantitative estimate of drug-likeness (QED) is 0.201. The van der Waals surface area contributed by atoms with Crippen molar-refractivity contribution < 1.29 is 14.2 Å². The molecule has 2 aliphatic heterocycles. The van der Waals surface area contributed by atoms with Crippen molar-refractivity contribution in [3.8, 4) is 11.4 Å². The van der Waals surface area contributed by atoms with Crippen LogP contribution in [0.3, 0.4) is 0 Å². The molecule has 4 aromatic rings. The lowest BCUT2D eigenvalue weighted by Gasteiger charge is -2.37. The number of aromatic nitrogens is 3. The number of nitrogens with zero attached hydrogens (tertiary/aromatic N) is 5. The first kappa shape index (κ1) is 33.9. The molecular weight excluding hydrogens is 618 g/mol. The second kappa shape index (κ2) is 15.0. The van der Waals surface area contributed by atoms with E-state index < -0.39 is 5.79 Å². The maximum Gasteiger partial charge on any atom is 0.350 e. The highest BCUT2D eigenvalue weighted by Crippen LogP contribution is 2.40.